The van der Waals surface area contributed by atoms with Crippen LogP contribution >= 0.6 is 11.8 Å². The minimum Gasteiger partial charge on any atom is -0.348 e. The molecule has 1 amide bonds. The lowest BCUT2D eigenvalue weighted by molar-refractivity contribution is -0.125. The van der Waals surface area contributed by atoms with Gasteiger partial charge in [-0.2, -0.15) is 0 Å². The molecule has 1 heterocycles. The van der Waals surface area contributed by atoms with Gasteiger partial charge in [-0.15, -0.1) is 0 Å². The second-order valence-corrected chi connectivity index (χ2v) is 6.49. The van der Waals surface area contributed by atoms with Crippen molar-refractivity contribution in [3.05, 3.63) is 46.8 Å². The number of carbonyl (C=O) groups excluding carboxylic acids is 1. The summed E-state index contributed by atoms with van der Waals surface area (Å²) >= 11 is 1.28. The molecule has 2 aromatic carbocycles. The van der Waals surface area contributed by atoms with E-state index >= 15 is 0 Å². The van der Waals surface area contributed by atoms with Crippen LogP contribution in [0.5, 0.6) is 0 Å². The van der Waals surface area contributed by atoms with Crippen LogP contribution in [0.25, 0.3) is 21.7 Å². The Morgan fingerprint density at radius 3 is 2.52 bits per heavy atom. The van der Waals surface area contributed by atoms with Crippen molar-refractivity contribution in [2.24, 2.45) is 7.05 Å². The van der Waals surface area contributed by atoms with Gasteiger partial charge in [0.2, 0.25) is 5.91 Å². The molecule has 0 radical (unpaired) electrons. The summed E-state index contributed by atoms with van der Waals surface area (Å²) in [5, 5.41) is 3.20. The standard InChI is InChI=1S/C17H17N3O2S/c1-19(2)15(21)10-23-17-18-14-9-12-7-5-4-6-11(12)8-13(14)16(22)20(17)3/h4-9H,10H2,1-3H3. The SMILES string of the molecule is CN(C)C(=O)CSc1nc2cc3ccccc3cc2c(=O)n1C. The van der Waals surface area contributed by atoms with Crippen LogP contribution in [-0.2, 0) is 11.8 Å². The molecular formula is C17H17N3O2S. The molecule has 0 unspecified atom stereocenters. The molecule has 0 atom stereocenters. The number of benzene rings is 2. The van der Waals surface area contributed by atoms with Crippen LogP contribution in [0.15, 0.2) is 46.3 Å². The van der Waals surface area contributed by atoms with Gasteiger partial charge in [-0.05, 0) is 22.9 Å². The van der Waals surface area contributed by atoms with E-state index in [-0.39, 0.29) is 17.2 Å². The second kappa shape index (κ2) is 6.04. The molecule has 3 aromatic rings. The second-order valence-electron chi connectivity index (χ2n) is 5.55. The number of rotatable bonds is 3. The van der Waals surface area contributed by atoms with Crippen LogP contribution < -0.4 is 5.56 Å². The average Bonchev–Trinajstić information content (AvgIpc) is 2.55. The van der Waals surface area contributed by atoms with Gasteiger partial charge < -0.3 is 4.90 Å². The van der Waals surface area contributed by atoms with E-state index in [4.69, 9.17) is 0 Å². The van der Waals surface area contributed by atoms with Crippen LogP contribution in [0.2, 0.25) is 0 Å². The first-order valence-electron chi connectivity index (χ1n) is 7.20. The highest BCUT2D eigenvalue weighted by molar-refractivity contribution is 7.99. The third kappa shape index (κ3) is 2.94. The maximum Gasteiger partial charge on any atom is 0.261 e. The smallest absolute Gasteiger partial charge is 0.261 e. The topological polar surface area (TPSA) is 55.2 Å². The molecule has 0 saturated carbocycles. The molecule has 1 aromatic heterocycles. The van der Waals surface area contributed by atoms with E-state index in [1.54, 1.807) is 21.1 Å². The Bertz CT molecular complexity index is 963. The van der Waals surface area contributed by atoms with Gasteiger partial charge in [0.05, 0.1) is 16.7 Å². The van der Waals surface area contributed by atoms with E-state index in [0.717, 1.165) is 10.8 Å². The fourth-order valence-electron chi connectivity index (χ4n) is 2.32. The van der Waals surface area contributed by atoms with Gasteiger partial charge in [0.1, 0.15) is 0 Å². The molecule has 0 fully saturated rings. The molecule has 3 rings (SSSR count). The highest BCUT2D eigenvalue weighted by Crippen LogP contribution is 2.22. The zero-order valence-corrected chi connectivity index (χ0v) is 14.1. The minimum absolute atomic E-state index is 0.0112. The van der Waals surface area contributed by atoms with Crippen molar-refractivity contribution >= 4 is 39.3 Å². The van der Waals surface area contributed by atoms with E-state index in [1.165, 1.54) is 21.2 Å². The highest BCUT2D eigenvalue weighted by atomic mass is 32.2. The van der Waals surface area contributed by atoms with E-state index in [9.17, 15) is 9.59 Å². The van der Waals surface area contributed by atoms with Gasteiger partial charge in [-0.3, -0.25) is 14.2 Å². The summed E-state index contributed by atoms with van der Waals surface area (Å²) in [6.45, 7) is 0. The summed E-state index contributed by atoms with van der Waals surface area (Å²) in [6.07, 6.45) is 0. The summed E-state index contributed by atoms with van der Waals surface area (Å²) in [7, 11) is 5.11. The first-order valence-corrected chi connectivity index (χ1v) is 8.18. The molecule has 0 bridgehead atoms. The summed E-state index contributed by atoms with van der Waals surface area (Å²) in [5.41, 5.74) is 0.562. The molecule has 0 N–H and O–H groups in total. The Hall–Kier alpha value is -2.34. The zero-order valence-electron chi connectivity index (χ0n) is 13.2. The van der Waals surface area contributed by atoms with Crippen LogP contribution in [0, 0.1) is 0 Å². The molecular weight excluding hydrogens is 310 g/mol. The number of aromatic nitrogens is 2. The van der Waals surface area contributed by atoms with E-state index in [0.29, 0.717) is 16.1 Å². The van der Waals surface area contributed by atoms with Crippen molar-refractivity contribution < 1.29 is 4.79 Å². The van der Waals surface area contributed by atoms with Gasteiger partial charge in [0.15, 0.2) is 5.16 Å². The van der Waals surface area contributed by atoms with Gasteiger partial charge in [0.25, 0.3) is 5.56 Å². The quantitative estimate of drug-likeness (QED) is 0.421. The van der Waals surface area contributed by atoms with E-state index in [1.807, 2.05) is 36.4 Å². The van der Waals surface area contributed by atoms with Crippen LogP contribution in [0.1, 0.15) is 0 Å². The van der Waals surface area contributed by atoms with Crippen LogP contribution in [-0.4, -0.2) is 40.2 Å². The van der Waals surface area contributed by atoms with Crippen molar-refractivity contribution in [1.29, 1.82) is 0 Å². The first-order chi connectivity index (χ1) is 11.0. The molecule has 0 saturated heterocycles. The maximum absolute atomic E-state index is 12.6. The fraction of sp³-hybridized carbons (Fsp3) is 0.235. The van der Waals surface area contributed by atoms with Crippen LogP contribution in [0.3, 0.4) is 0 Å². The molecule has 0 aliphatic rings. The fourth-order valence-corrected chi connectivity index (χ4v) is 3.27. The third-order valence-corrected chi connectivity index (χ3v) is 4.74. The normalized spacial score (nSPS) is 11.1. The van der Waals surface area contributed by atoms with Crippen molar-refractivity contribution in [1.82, 2.24) is 14.5 Å². The van der Waals surface area contributed by atoms with E-state index < -0.39 is 0 Å². The largest absolute Gasteiger partial charge is 0.348 e. The van der Waals surface area contributed by atoms with Crippen molar-refractivity contribution in [2.75, 3.05) is 19.8 Å². The number of carbonyl (C=O) groups is 1. The molecule has 118 valence electrons. The van der Waals surface area contributed by atoms with Crippen molar-refractivity contribution in [3.63, 3.8) is 0 Å². The zero-order chi connectivity index (χ0) is 16.6. The minimum atomic E-state index is -0.0967. The van der Waals surface area contributed by atoms with Crippen LogP contribution in [0.4, 0.5) is 0 Å². The lowest BCUT2D eigenvalue weighted by Crippen LogP contribution is -2.25. The lowest BCUT2D eigenvalue weighted by atomic mass is 10.1. The van der Waals surface area contributed by atoms with Gasteiger partial charge >= 0.3 is 0 Å². The average molecular weight is 327 g/mol. The number of hydrogen-bond donors (Lipinski definition) is 0. The van der Waals surface area contributed by atoms with Gasteiger partial charge in [-0.25, -0.2) is 4.98 Å². The summed E-state index contributed by atoms with van der Waals surface area (Å²) in [4.78, 5) is 30.4. The predicted octanol–water partition coefficient (Wildman–Crippen LogP) is 2.27. The summed E-state index contributed by atoms with van der Waals surface area (Å²) in [6, 6.07) is 11.7. The number of thioether (sulfide) groups is 1. The van der Waals surface area contributed by atoms with Gasteiger partial charge in [-0.1, -0.05) is 36.0 Å². The third-order valence-electron chi connectivity index (χ3n) is 3.73. The van der Waals surface area contributed by atoms with E-state index in [2.05, 4.69) is 4.98 Å². The number of amides is 1. The Balaban J connectivity index is 2.10. The molecule has 0 aliphatic carbocycles. The molecule has 6 heteroatoms. The Morgan fingerprint density at radius 1 is 1.22 bits per heavy atom. The first kappa shape index (κ1) is 15.6. The Kier molecular flexibility index (Phi) is 4.09. The number of fused-ring (bicyclic) bond motifs is 2. The molecule has 23 heavy (non-hydrogen) atoms. The molecule has 0 spiro atoms. The molecule has 5 nitrogen and oxygen atoms in total. The lowest BCUT2D eigenvalue weighted by Gasteiger charge is -2.12. The Morgan fingerprint density at radius 2 is 1.87 bits per heavy atom. The maximum atomic E-state index is 12.6. The number of hydrogen-bond acceptors (Lipinski definition) is 4. The Labute approximate surface area is 137 Å². The summed E-state index contributed by atoms with van der Waals surface area (Å²) < 4.78 is 1.50. The highest BCUT2D eigenvalue weighted by Gasteiger charge is 2.12. The monoisotopic (exact) mass is 327 g/mol. The van der Waals surface area contributed by atoms with Crippen molar-refractivity contribution in [3.8, 4) is 0 Å². The van der Waals surface area contributed by atoms with Crippen molar-refractivity contribution in [2.45, 2.75) is 5.16 Å². The summed E-state index contributed by atoms with van der Waals surface area (Å²) in [5.74, 6) is 0.245. The number of nitrogens with zero attached hydrogens (tertiary/aromatic N) is 3. The predicted molar refractivity (Wildman–Crippen MR) is 93.9 cm³/mol. The van der Waals surface area contributed by atoms with Gasteiger partial charge in [0, 0.05) is 21.1 Å². The molecule has 0 aliphatic heterocycles.